The summed E-state index contributed by atoms with van der Waals surface area (Å²) in [6.45, 7) is 6.19. The van der Waals surface area contributed by atoms with Gasteiger partial charge in [0, 0.05) is 6.61 Å². The molecule has 34 heavy (non-hydrogen) atoms. The van der Waals surface area contributed by atoms with Gasteiger partial charge in [0.2, 0.25) is 0 Å². The summed E-state index contributed by atoms with van der Waals surface area (Å²) in [6.07, 6.45) is 17.7. The first-order valence-corrected chi connectivity index (χ1v) is 12.8. The lowest BCUT2D eigenvalue weighted by atomic mass is 9.99. The third-order valence-corrected chi connectivity index (χ3v) is 5.69. The molecule has 1 unspecified atom stereocenters. The number of ether oxygens (including phenoxy) is 3. The predicted octanol–water partition coefficient (Wildman–Crippen LogP) is 3.61. The van der Waals surface area contributed by atoms with E-state index in [2.05, 4.69) is 50.3 Å². The predicted molar refractivity (Wildman–Crippen MR) is 134 cm³/mol. The molecule has 1 saturated heterocycles. The van der Waals surface area contributed by atoms with Gasteiger partial charge in [0.1, 0.15) is 24.4 Å². The zero-order valence-corrected chi connectivity index (χ0v) is 20.8. The Hall–Kier alpha value is -1.06. The highest BCUT2D eigenvalue weighted by Crippen LogP contribution is 2.22. The summed E-state index contributed by atoms with van der Waals surface area (Å²) in [4.78, 5) is 0. The van der Waals surface area contributed by atoms with Gasteiger partial charge in [-0.05, 0) is 45.4 Å². The van der Waals surface area contributed by atoms with Crippen molar-refractivity contribution >= 4 is 0 Å². The molecule has 1 fully saturated rings. The second-order valence-corrected chi connectivity index (χ2v) is 8.73. The third-order valence-electron chi connectivity index (χ3n) is 5.69. The quantitative estimate of drug-likeness (QED) is 0.164. The van der Waals surface area contributed by atoms with Crippen LogP contribution >= 0.6 is 0 Å². The van der Waals surface area contributed by atoms with Crippen molar-refractivity contribution in [3.8, 4) is 0 Å². The maximum Gasteiger partial charge on any atom is 0.186 e. The number of hydrogen-bond donors (Lipinski definition) is 4. The highest BCUT2D eigenvalue weighted by Gasteiger charge is 2.44. The molecule has 1 aliphatic heterocycles. The van der Waals surface area contributed by atoms with Crippen molar-refractivity contribution in [2.45, 2.75) is 108 Å². The summed E-state index contributed by atoms with van der Waals surface area (Å²) < 4.78 is 16.4. The second-order valence-electron chi connectivity index (χ2n) is 8.73. The molecule has 7 heteroatoms. The van der Waals surface area contributed by atoms with Crippen LogP contribution in [0, 0.1) is 6.92 Å². The number of unbranched alkanes of at least 4 members (excludes halogenated alkanes) is 6. The molecule has 0 amide bonds. The van der Waals surface area contributed by atoms with Crippen molar-refractivity contribution in [1.29, 1.82) is 0 Å². The molecule has 4 N–H and O–H groups in total. The van der Waals surface area contributed by atoms with Gasteiger partial charge >= 0.3 is 0 Å². The van der Waals surface area contributed by atoms with Crippen LogP contribution in [0.5, 0.6) is 0 Å². The summed E-state index contributed by atoms with van der Waals surface area (Å²) in [5.41, 5.74) is 0. The van der Waals surface area contributed by atoms with Crippen molar-refractivity contribution in [1.82, 2.24) is 0 Å². The van der Waals surface area contributed by atoms with E-state index in [4.69, 9.17) is 14.2 Å². The summed E-state index contributed by atoms with van der Waals surface area (Å²) in [6, 6.07) is 0. The molecule has 1 heterocycles. The Balaban J connectivity index is 1.95. The minimum Gasteiger partial charge on any atom is -0.394 e. The number of aliphatic hydroxyl groups is 4. The van der Waals surface area contributed by atoms with Crippen LogP contribution in [0.3, 0.4) is 0 Å². The molecule has 1 rings (SSSR count). The van der Waals surface area contributed by atoms with E-state index in [0.29, 0.717) is 6.61 Å². The minimum atomic E-state index is -1.45. The fourth-order valence-electron chi connectivity index (χ4n) is 3.60. The van der Waals surface area contributed by atoms with Gasteiger partial charge in [0.15, 0.2) is 6.29 Å². The van der Waals surface area contributed by atoms with E-state index < -0.39 is 43.4 Å². The van der Waals surface area contributed by atoms with Crippen molar-refractivity contribution < 1.29 is 34.6 Å². The van der Waals surface area contributed by atoms with Crippen LogP contribution < -0.4 is 0 Å². The summed E-state index contributed by atoms with van der Waals surface area (Å²) >= 11 is 0. The Morgan fingerprint density at radius 2 is 1.44 bits per heavy atom. The molecule has 1 aliphatic rings. The van der Waals surface area contributed by atoms with Crippen LogP contribution in [0.4, 0.5) is 0 Å². The fraction of sp³-hybridized carbons (Fsp3) is 0.741. The van der Waals surface area contributed by atoms with E-state index >= 15 is 0 Å². The highest BCUT2D eigenvalue weighted by molar-refractivity contribution is 4.97. The zero-order chi connectivity index (χ0) is 25.0. The normalized spacial score (nSPS) is 26.8. The number of hydrogen-bond acceptors (Lipinski definition) is 7. The monoisotopic (exact) mass is 483 g/mol. The Morgan fingerprint density at radius 3 is 2.12 bits per heavy atom. The van der Waals surface area contributed by atoms with E-state index in [0.717, 1.165) is 38.5 Å². The van der Waals surface area contributed by atoms with Gasteiger partial charge in [-0.25, -0.2) is 0 Å². The smallest absolute Gasteiger partial charge is 0.186 e. The fourth-order valence-corrected chi connectivity index (χ4v) is 3.60. The Labute approximate surface area is 206 Å². The van der Waals surface area contributed by atoms with Crippen LogP contribution in [0.2, 0.25) is 0 Å². The highest BCUT2D eigenvalue weighted by atomic mass is 16.7. The van der Waals surface area contributed by atoms with Crippen molar-refractivity contribution in [3.63, 3.8) is 0 Å². The average molecular weight is 484 g/mol. The molecule has 1 radical (unpaired) electrons. The Morgan fingerprint density at radius 1 is 0.824 bits per heavy atom. The van der Waals surface area contributed by atoms with E-state index in [-0.39, 0.29) is 6.61 Å². The second kappa shape index (κ2) is 20.2. The van der Waals surface area contributed by atoms with E-state index in [9.17, 15) is 20.4 Å². The third kappa shape index (κ3) is 13.7. The van der Waals surface area contributed by atoms with Gasteiger partial charge in [-0.3, -0.25) is 0 Å². The molecular formula is C27H47O7. The molecule has 0 aliphatic carbocycles. The van der Waals surface area contributed by atoms with Gasteiger partial charge in [-0.15, -0.1) is 0 Å². The topological polar surface area (TPSA) is 109 Å². The lowest BCUT2D eigenvalue weighted by molar-refractivity contribution is -0.304. The van der Waals surface area contributed by atoms with Crippen LogP contribution in [0.15, 0.2) is 36.5 Å². The van der Waals surface area contributed by atoms with Crippen LogP contribution in [-0.4, -0.2) is 77.1 Å². The van der Waals surface area contributed by atoms with Gasteiger partial charge in [-0.2, -0.15) is 0 Å². The Bertz CT molecular complexity index is 561. The Kier molecular flexibility index (Phi) is 18.4. The maximum atomic E-state index is 9.95. The standard InChI is InChI=1S/C27H47O7/c1-3-4-5-6-7-8-9-10-11-12-13-14-15-16-17-18-19-32-22(2)21-33-27-26(31)25(30)24(29)23(20-28)34-27/h4-5,7-8,10-11,22-31H,2-3,6,9,12-21H2,1H3/b5-4-,8-7-,11-10-/t22?,23-,24+,25+,26-,27+/m1/s1. The lowest BCUT2D eigenvalue weighted by Gasteiger charge is -2.39. The van der Waals surface area contributed by atoms with Gasteiger partial charge < -0.3 is 34.6 Å². The first-order valence-electron chi connectivity index (χ1n) is 12.8. The molecule has 6 atom stereocenters. The van der Waals surface area contributed by atoms with Gasteiger partial charge in [-0.1, -0.05) is 69.1 Å². The largest absolute Gasteiger partial charge is 0.394 e. The first kappa shape index (κ1) is 31.0. The summed E-state index contributed by atoms with van der Waals surface area (Å²) in [7, 11) is 0. The molecule has 0 aromatic heterocycles. The molecule has 0 saturated carbocycles. The number of aliphatic hydroxyl groups excluding tert-OH is 4. The van der Waals surface area contributed by atoms with Crippen LogP contribution in [0.1, 0.15) is 71.1 Å². The molecule has 197 valence electrons. The van der Waals surface area contributed by atoms with Crippen LogP contribution in [0.25, 0.3) is 0 Å². The van der Waals surface area contributed by atoms with E-state index in [1.54, 1.807) is 0 Å². The molecule has 0 bridgehead atoms. The molecule has 0 aromatic rings. The zero-order valence-electron chi connectivity index (χ0n) is 20.8. The molecule has 7 nitrogen and oxygen atoms in total. The van der Waals surface area contributed by atoms with Gasteiger partial charge in [0.25, 0.3) is 0 Å². The summed E-state index contributed by atoms with van der Waals surface area (Å²) in [5.74, 6) is 0. The lowest BCUT2D eigenvalue weighted by Crippen LogP contribution is -2.59. The SMILES string of the molecule is [CH2]C(CO[C@H]1O[C@H](CO)[C@H](O)[C@H](O)[C@H]1O)OCCCCCCCC/C=C\C/C=C\C/C=C\CC. The molecule has 0 aromatic carbocycles. The number of allylic oxidation sites excluding steroid dienone is 6. The number of rotatable bonds is 19. The summed E-state index contributed by atoms with van der Waals surface area (Å²) in [5, 5.41) is 38.7. The molecular weight excluding hydrogens is 436 g/mol. The van der Waals surface area contributed by atoms with E-state index in [1.807, 2.05) is 0 Å². The van der Waals surface area contributed by atoms with Gasteiger partial charge in [0.05, 0.1) is 19.3 Å². The molecule has 0 spiro atoms. The first-order chi connectivity index (χ1) is 16.5. The minimum absolute atomic E-state index is 0.0713. The van der Waals surface area contributed by atoms with Crippen molar-refractivity contribution in [2.75, 3.05) is 19.8 Å². The van der Waals surface area contributed by atoms with Crippen LogP contribution in [-0.2, 0) is 14.2 Å². The van der Waals surface area contributed by atoms with E-state index in [1.165, 1.54) is 25.7 Å². The maximum absolute atomic E-state index is 9.95. The van der Waals surface area contributed by atoms with Crippen molar-refractivity contribution in [2.24, 2.45) is 0 Å². The van der Waals surface area contributed by atoms with Crippen molar-refractivity contribution in [3.05, 3.63) is 43.4 Å². The average Bonchev–Trinajstić information content (AvgIpc) is 2.84.